The van der Waals surface area contributed by atoms with Crippen LogP contribution in [0.25, 0.3) is 0 Å². The summed E-state index contributed by atoms with van der Waals surface area (Å²) in [7, 11) is 0. The first-order valence-corrected chi connectivity index (χ1v) is 7.59. The third kappa shape index (κ3) is 2.74. The molecular weight excluding hydrogens is 330 g/mol. The molecule has 0 atom stereocenters. The Morgan fingerprint density at radius 1 is 1.19 bits per heavy atom. The number of benzene rings is 2. The van der Waals surface area contributed by atoms with E-state index in [2.05, 4.69) is 20.8 Å². The highest BCUT2D eigenvalue weighted by atomic mass is 79.9. The van der Waals surface area contributed by atoms with Crippen LogP contribution in [0.15, 0.2) is 46.9 Å². The molecule has 1 aliphatic heterocycles. The number of nitrogens with zero attached hydrogens (tertiary/aromatic N) is 1. The molecule has 3 N–H and O–H groups in total. The van der Waals surface area contributed by atoms with Crippen LogP contribution in [0.3, 0.4) is 0 Å². The zero-order valence-electron chi connectivity index (χ0n) is 11.5. The molecule has 4 nitrogen and oxygen atoms in total. The second-order valence-electron chi connectivity index (χ2n) is 4.90. The van der Waals surface area contributed by atoms with E-state index in [1.165, 1.54) is 0 Å². The summed E-state index contributed by atoms with van der Waals surface area (Å²) < 4.78 is 6.76. The predicted octanol–water partition coefficient (Wildman–Crippen LogP) is 3.65. The number of nitrogens with one attached hydrogen (secondary N) is 1. The van der Waals surface area contributed by atoms with Crippen LogP contribution in [-0.4, -0.2) is 19.0 Å². The van der Waals surface area contributed by atoms with E-state index in [1.807, 2.05) is 42.5 Å². The van der Waals surface area contributed by atoms with Crippen molar-refractivity contribution in [2.24, 2.45) is 5.73 Å². The lowest BCUT2D eigenvalue weighted by Crippen LogP contribution is -2.22. The van der Waals surface area contributed by atoms with Gasteiger partial charge in [0.25, 0.3) is 0 Å². The maximum atomic E-state index is 7.81. The Kier molecular flexibility index (Phi) is 3.84. The fourth-order valence-electron chi connectivity index (χ4n) is 2.53. The second-order valence-corrected chi connectivity index (χ2v) is 5.81. The zero-order valence-corrected chi connectivity index (χ0v) is 13.1. The highest BCUT2D eigenvalue weighted by Crippen LogP contribution is 2.38. The van der Waals surface area contributed by atoms with E-state index < -0.39 is 0 Å². The SMILES string of the molecule is N=C(N)c1ccc(Br)cc1N1CCCOc2ccccc21. The van der Waals surface area contributed by atoms with Gasteiger partial charge in [0.15, 0.2) is 0 Å². The van der Waals surface area contributed by atoms with Crippen molar-refractivity contribution in [3.05, 3.63) is 52.5 Å². The fraction of sp³-hybridized carbons (Fsp3) is 0.188. The molecule has 108 valence electrons. The first-order chi connectivity index (χ1) is 10.2. The molecule has 0 spiro atoms. The van der Waals surface area contributed by atoms with Gasteiger partial charge in [0, 0.05) is 16.6 Å². The van der Waals surface area contributed by atoms with Crippen molar-refractivity contribution in [3.8, 4) is 5.75 Å². The van der Waals surface area contributed by atoms with Gasteiger partial charge in [-0.15, -0.1) is 0 Å². The number of rotatable bonds is 2. The van der Waals surface area contributed by atoms with Crippen LogP contribution in [0.2, 0.25) is 0 Å². The molecule has 0 unspecified atom stereocenters. The van der Waals surface area contributed by atoms with Gasteiger partial charge >= 0.3 is 0 Å². The van der Waals surface area contributed by atoms with E-state index in [0.29, 0.717) is 6.61 Å². The number of ether oxygens (including phenoxy) is 1. The smallest absolute Gasteiger partial charge is 0.142 e. The van der Waals surface area contributed by atoms with Crippen LogP contribution < -0.4 is 15.4 Å². The standard InChI is InChI=1S/C16H16BrN3O/c17-11-6-7-12(16(18)19)14(10-11)20-8-3-9-21-15-5-2-1-4-13(15)20/h1-2,4-7,10H,3,8-9H2,(H3,18,19). The largest absolute Gasteiger partial charge is 0.491 e. The van der Waals surface area contributed by atoms with E-state index in [0.717, 1.165) is 40.1 Å². The minimum Gasteiger partial charge on any atom is -0.491 e. The maximum absolute atomic E-state index is 7.81. The maximum Gasteiger partial charge on any atom is 0.142 e. The topological polar surface area (TPSA) is 62.3 Å². The summed E-state index contributed by atoms with van der Waals surface area (Å²) in [5, 5.41) is 7.81. The average molecular weight is 346 g/mol. The predicted molar refractivity (Wildman–Crippen MR) is 88.7 cm³/mol. The van der Waals surface area contributed by atoms with Gasteiger partial charge in [-0.1, -0.05) is 28.1 Å². The number of para-hydroxylation sites is 2. The number of nitrogens with two attached hydrogens (primary N) is 1. The third-order valence-corrected chi connectivity index (χ3v) is 3.97. The number of halogens is 1. The van der Waals surface area contributed by atoms with Crippen molar-refractivity contribution < 1.29 is 4.74 Å². The van der Waals surface area contributed by atoms with Crippen molar-refractivity contribution in [2.75, 3.05) is 18.1 Å². The van der Waals surface area contributed by atoms with E-state index in [1.54, 1.807) is 0 Å². The highest BCUT2D eigenvalue weighted by molar-refractivity contribution is 9.10. The molecule has 1 aliphatic rings. The van der Waals surface area contributed by atoms with E-state index in [-0.39, 0.29) is 5.84 Å². The van der Waals surface area contributed by atoms with Gasteiger partial charge in [0.2, 0.25) is 0 Å². The molecule has 0 saturated carbocycles. The molecule has 0 radical (unpaired) electrons. The molecule has 5 heteroatoms. The Morgan fingerprint density at radius 2 is 2.00 bits per heavy atom. The van der Waals surface area contributed by atoms with Crippen LogP contribution in [-0.2, 0) is 0 Å². The summed E-state index contributed by atoms with van der Waals surface area (Å²) in [6.45, 7) is 1.52. The Labute approximate surface area is 132 Å². The Balaban J connectivity index is 2.16. The lowest BCUT2D eigenvalue weighted by molar-refractivity contribution is 0.322. The summed E-state index contributed by atoms with van der Waals surface area (Å²) >= 11 is 3.50. The van der Waals surface area contributed by atoms with Crippen molar-refractivity contribution in [2.45, 2.75) is 6.42 Å². The molecule has 21 heavy (non-hydrogen) atoms. The molecule has 0 fully saturated rings. The zero-order chi connectivity index (χ0) is 14.8. The quantitative estimate of drug-likeness (QED) is 0.644. The summed E-state index contributed by atoms with van der Waals surface area (Å²) in [6.07, 6.45) is 0.915. The summed E-state index contributed by atoms with van der Waals surface area (Å²) in [6, 6.07) is 13.7. The van der Waals surface area contributed by atoms with E-state index in [4.69, 9.17) is 15.9 Å². The monoisotopic (exact) mass is 345 g/mol. The molecule has 2 aromatic rings. The van der Waals surface area contributed by atoms with Gasteiger partial charge in [0.05, 0.1) is 18.0 Å². The van der Waals surface area contributed by atoms with Gasteiger partial charge in [-0.05, 0) is 36.8 Å². The summed E-state index contributed by atoms with van der Waals surface area (Å²) in [5.41, 5.74) is 8.41. The minimum absolute atomic E-state index is 0.0696. The van der Waals surface area contributed by atoms with Gasteiger partial charge in [-0.3, -0.25) is 5.41 Å². The van der Waals surface area contributed by atoms with Crippen LogP contribution in [0.4, 0.5) is 11.4 Å². The molecule has 0 saturated heterocycles. The van der Waals surface area contributed by atoms with Crippen molar-refractivity contribution in [1.82, 2.24) is 0 Å². The Bertz CT molecular complexity index is 687. The molecule has 2 aromatic carbocycles. The normalized spacial score (nSPS) is 14.0. The van der Waals surface area contributed by atoms with Crippen molar-refractivity contribution >= 4 is 33.1 Å². The first-order valence-electron chi connectivity index (χ1n) is 6.80. The van der Waals surface area contributed by atoms with Crippen molar-refractivity contribution in [3.63, 3.8) is 0 Å². The molecule has 0 bridgehead atoms. The molecule has 0 amide bonds. The number of fused-ring (bicyclic) bond motifs is 1. The Hall–Kier alpha value is -2.01. The average Bonchev–Trinajstić information content (AvgIpc) is 2.69. The molecule has 1 heterocycles. The van der Waals surface area contributed by atoms with Crippen LogP contribution in [0, 0.1) is 5.41 Å². The number of nitrogen functional groups attached to an aromatic ring is 1. The third-order valence-electron chi connectivity index (χ3n) is 3.48. The molecule has 0 aromatic heterocycles. The van der Waals surface area contributed by atoms with Gasteiger partial charge in [-0.25, -0.2) is 0 Å². The molecule has 0 aliphatic carbocycles. The first kappa shape index (κ1) is 13.9. The fourth-order valence-corrected chi connectivity index (χ4v) is 2.88. The minimum atomic E-state index is 0.0696. The Morgan fingerprint density at radius 3 is 2.81 bits per heavy atom. The van der Waals surface area contributed by atoms with Gasteiger partial charge in [-0.2, -0.15) is 0 Å². The van der Waals surface area contributed by atoms with Crippen LogP contribution in [0.5, 0.6) is 5.75 Å². The lowest BCUT2D eigenvalue weighted by Gasteiger charge is -2.26. The molecule has 3 rings (SSSR count). The van der Waals surface area contributed by atoms with Gasteiger partial charge < -0.3 is 15.4 Å². The summed E-state index contributed by atoms with van der Waals surface area (Å²) in [4.78, 5) is 2.17. The number of hydrogen-bond acceptors (Lipinski definition) is 3. The van der Waals surface area contributed by atoms with E-state index >= 15 is 0 Å². The second kappa shape index (κ2) is 5.77. The number of anilines is 2. The summed E-state index contributed by atoms with van der Waals surface area (Å²) in [5.74, 6) is 0.935. The highest BCUT2D eigenvalue weighted by Gasteiger charge is 2.20. The van der Waals surface area contributed by atoms with Gasteiger partial charge in [0.1, 0.15) is 11.6 Å². The lowest BCUT2D eigenvalue weighted by atomic mass is 10.1. The van der Waals surface area contributed by atoms with Crippen LogP contribution in [0.1, 0.15) is 12.0 Å². The number of amidine groups is 1. The van der Waals surface area contributed by atoms with Crippen molar-refractivity contribution in [1.29, 1.82) is 5.41 Å². The van der Waals surface area contributed by atoms with E-state index in [9.17, 15) is 0 Å². The number of hydrogen-bond donors (Lipinski definition) is 2. The molecular formula is C16H16BrN3O. The van der Waals surface area contributed by atoms with Crippen LogP contribution >= 0.6 is 15.9 Å².